The molecule has 0 rings (SSSR count). The van der Waals surface area contributed by atoms with E-state index >= 15 is 0 Å². The molecule has 10 heteroatoms. The van der Waals surface area contributed by atoms with Crippen molar-refractivity contribution in [1.82, 2.24) is 0 Å². The highest BCUT2D eigenvalue weighted by atomic mass is 31.2. The van der Waals surface area contributed by atoms with Gasteiger partial charge >= 0.3 is 19.8 Å². The van der Waals surface area contributed by atoms with Crippen molar-refractivity contribution in [3.63, 3.8) is 0 Å². The van der Waals surface area contributed by atoms with E-state index in [0.29, 0.717) is 6.42 Å². The quantitative estimate of drug-likeness (QED) is 0.0268. The molecule has 0 aromatic carbocycles. The summed E-state index contributed by atoms with van der Waals surface area (Å²) < 4.78 is 32.8. The first-order valence-electron chi connectivity index (χ1n) is 22.3. The van der Waals surface area contributed by atoms with Crippen LogP contribution in [-0.4, -0.2) is 49.3 Å². The van der Waals surface area contributed by atoms with E-state index in [4.69, 9.17) is 24.3 Å². The molecular formula is C46H82NO8P. The fourth-order valence-electron chi connectivity index (χ4n) is 5.90. The Labute approximate surface area is 342 Å². The standard InChI is InChI=1S/C46H82NO8P/c1-3-5-7-9-11-13-15-17-19-20-21-22-23-24-25-27-29-31-33-35-37-39-46(49)55-44(43-54-56(50,51)53-41-40-47)42-52-45(48)38-36-34-32-30-28-26-18-16-14-12-10-8-6-4-2/h5,7,11,13,17,19,21-22,24-25,44H,3-4,6,8-10,12,14-16,18,20,23,26-43,47H2,1-2H3,(H,50,51)/b7-5-,13-11-,19-17-,22-21-,25-24-. The Bertz CT molecular complexity index is 1100. The molecule has 0 heterocycles. The first-order chi connectivity index (χ1) is 27.3. The van der Waals surface area contributed by atoms with Crippen LogP contribution in [0.3, 0.4) is 0 Å². The Morgan fingerprint density at radius 3 is 1.46 bits per heavy atom. The highest BCUT2D eigenvalue weighted by Gasteiger charge is 2.26. The first-order valence-corrected chi connectivity index (χ1v) is 23.8. The molecule has 0 spiro atoms. The van der Waals surface area contributed by atoms with Crippen LogP contribution in [0.2, 0.25) is 0 Å². The Kier molecular flexibility index (Phi) is 40.6. The van der Waals surface area contributed by atoms with Gasteiger partial charge in [-0.05, 0) is 57.8 Å². The molecule has 324 valence electrons. The van der Waals surface area contributed by atoms with Crippen molar-refractivity contribution < 1.29 is 37.6 Å². The Balaban J connectivity index is 4.18. The summed E-state index contributed by atoms with van der Waals surface area (Å²) in [4.78, 5) is 34.9. The van der Waals surface area contributed by atoms with Gasteiger partial charge in [-0.2, -0.15) is 0 Å². The van der Waals surface area contributed by atoms with Crippen molar-refractivity contribution in [2.75, 3.05) is 26.4 Å². The molecule has 0 radical (unpaired) electrons. The van der Waals surface area contributed by atoms with Gasteiger partial charge in [-0.3, -0.25) is 18.6 Å². The molecule has 3 N–H and O–H groups in total. The van der Waals surface area contributed by atoms with Crippen molar-refractivity contribution in [3.05, 3.63) is 60.8 Å². The lowest BCUT2D eigenvalue weighted by Gasteiger charge is -2.19. The number of rotatable bonds is 41. The van der Waals surface area contributed by atoms with Crippen molar-refractivity contribution in [1.29, 1.82) is 0 Å². The summed E-state index contributed by atoms with van der Waals surface area (Å²) in [5, 5.41) is 0. The number of hydrogen-bond acceptors (Lipinski definition) is 8. The van der Waals surface area contributed by atoms with Crippen molar-refractivity contribution >= 4 is 19.8 Å². The number of unbranched alkanes of at least 4 members (excludes halogenated alkanes) is 18. The molecule has 0 aromatic heterocycles. The zero-order valence-corrected chi connectivity index (χ0v) is 36.5. The van der Waals surface area contributed by atoms with Crippen LogP contribution in [0, 0.1) is 0 Å². The Morgan fingerprint density at radius 1 is 0.554 bits per heavy atom. The predicted molar refractivity (Wildman–Crippen MR) is 233 cm³/mol. The summed E-state index contributed by atoms with van der Waals surface area (Å²) in [6, 6.07) is 0. The minimum atomic E-state index is -4.38. The summed E-state index contributed by atoms with van der Waals surface area (Å²) in [5.74, 6) is -0.850. The van der Waals surface area contributed by atoms with Crippen molar-refractivity contribution in [2.24, 2.45) is 5.73 Å². The fraction of sp³-hybridized carbons (Fsp3) is 0.739. The van der Waals surface area contributed by atoms with Crippen LogP contribution in [0.1, 0.15) is 187 Å². The van der Waals surface area contributed by atoms with E-state index in [-0.39, 0.29) is 38.6 Å². The van der Waals surface area contributed by atoms with Crippen molar-refractivity contribution in [3.8, 4) is 0 Å². The molecule has 2 atom stereocenters. The number of esters is 2. The largest absolute Gasteiger partial charge is 0.472 e. The van der Waals surface area contributed by atoms with E-state index in [1.165, 1.54) is 70.6 Å². The maximum atomic E-state index is 12.6. The second-order valence-corrected chi connectivity index (χ2v) is 16.0. The average Bonchev–Trinajstić information content (AvgIpc) is 3.18. The molecule has 0 aliphatic rings. The maximum absolute atomic E-state index is 12.6. The van der Waals surface area contributed by atoms with Crippen molar-refractivity contribution in [2.45, 2.75) is 193 Å². The second kappa shape index (κ2) is 42.3. The topological polar surface area (TPSA) is 134 Å². The Morgan fingerprint density at radius 2 is 0.982 bits per heavy atom. The zero-order valence-electron chi connectivity index (χ0n) is 35.6. The van der Waals surface area contributed by atoms with Crippen LogP contribution in [0.25, 0.3) is 0 Å². The minimum Gasteiger partial charge on any atom is -0.462 e. The van der Waals surface area contributed by atoms with Gasteiger partial charge in [0.2, 0.25) is 0 Å². The number of hydrogen-bond donors (Lipinski definition) is 2. The zero-order chi connectivity index (χ0) is 41.1. The monoisotopic (exact) mass is 808 g/mol. The molecule has 0 fully saturated rings. The van der Waals surface area contributed by atoms with Gasteiger partial charge in [0.15, 0.2) is 6.10 Å². The third-order valence-electron chi connectivity index (χ3n) is 9.17. The van der Waals surface area contributed by atoms with Crippen LogP contribution >= 0.6 is 7.82 Å². The molecule has 56 heavy (non-hydrogen) atoms. The molecule has 0 saturated heterocycles. The molecule has 0 aliphatic heterocycles. The number of nitrogens with two attached hydrogens (primary N) is 1. The normalized spacial score (nSPS) is 13.9. The van der Waals surface area contributed by atoms with Gasteiger partial charge in [0.25, 0.3) is 0 Å². The molecule has 0 bridgehead atoms. The van der Waals surface area contributed by atoms with E-state index in [0.717, 1.165) is 83.5 Å². The van der Waals surface area contributed by atoms with Gasteiger partial charge in [0.05, 0.1) is 13.2 Å². The van der Waals surface area contributed by atoms with Gasteiger partial charge in [0.1, 0.15) is 6.61 Å². The van der Waals surface area contributed by atoms with Gasteiger partial charge in [0, 0.05) is 19.4 Å². The number of phosphoric ester groups is 1. The smallest absolute Gasteiger partial charge is 0.462 e. The van der Waals surface area contributed by atoms with Gasteiger partial charge in [-0.1, -0.05) is 177 Å². The number of carbonyl (C=O) groups is 2. The molecule has 2 unspecified atom stereocenters. The lowest BCUT2D eigenvalue weighted by Crippen LogP contribution is -2.29. The van der Waals surface area contributed by atoms with E-state index in [9.17, 15) is 19.0 Å². The van der Waals surface area contributed by atoms with E-state index in [2.05, 4.69) is 74.6 Å². The Hall–Kier alpha value is -2.29. The molecule has 0 aromatic rings. The third-order valence-corrected chi connectivity index (χ3v) is 10.2. The van der Waals surface area contributed by atoms with E-state index < -0.39 is 26.5 Å². The summed E-state index contributed by atoms with van der Waals surface area (Å²) in [6.45, 7) is 3.60. The molecule has 0 amide bonds. The van der Waals surface area contributed by atoms with Crippen LogP contribution in [-0.2, 0) is 32.7 Å². The van der Waals surface area contributed by atoms with Crippen LogP contribution in [0.4, 0.5) is 0 Å². The van der Waals surface area contributed by atoms with Gasteiger partial charge in [-0.15, -0.1) is 0 Å². The number of phosphoric acid groups is 1. The van der Waals surface area contributed by atoms with E-state index in [1.807, 2.05) is 0 Å². The third kappa shape index (κ3) is 41.3. The highest BCUT2D eigenvalue weighted by molar-refractivity contribution is 7.47. The SMILES string of the molecule is CC/C=C\C/C=C\C/C=C\C/C=C\C/C=C\CCCCCCCC(=O)OC(COC(=O)CCCCCCCCCCCCCCCC)COP(=O)(O)OCCN. The fourth-order valence-corrected chi connectivity index (χ4v) is 6.66. The van der Waals surface area contributed by atoms with Gasteiger partial charge < -0.3 is 20.1 Å². The summed E-state index contributed by atoms with van der Waals surface area (Å²) in [7, 11) is -4.38. The minimum absolute atomic E-state index is 0.0482. The summed E-state index contributed by atoms with van der Waals surface area (Å²) in [6.07, 6.45) is 49.6. The molecular weight excluding hydrogens is 725 g/mol. The maximum Gasteiger partial charge on any atom is 0.472 e. The highest BCUT2D eigenvalue weighted by Crippen LogP contribution is 2.43. The summed E-state index contributed by atoms with van der Waals surface area (Å²) in [5.41, 5.74) is 5.35. The van der Waals surface area contributed by atoms with Crippen LogP contribution < -0.4 is 5.73 Å². The molecule has 9 nitrogen and oxygen atoms in total. The summed E-state index contributed by atoms with van der Waals surface area (Å²) >= 11 is 0. The predicted octanol–water partition coefficient (Wildman–Crippen LogP) is 12.9. The van der Waals surface area contributed by atoms with E-state index in [1.54, 1.807) is 0 Å². The first kappa shape index (κ1) is 53.7. The number of ether oxygens (including phenoxy) is 2. The van der Waals surface area contributed by atoms with Gasteiger partial charge in [-0.25, -0.2) is 4.57 Å². The number of carbonyl (C=O) groups excluding carboxylic acids is 2. The molecule has 0 saturated carbocycles. The lowest BCUT2D eigenvalue weighted by molar-refractivity contribution is -0.161. The van der Waals surface area contributed by atoms with Crippen LogP contribution in [0.5, 0.6) is 0 Å². The number of allylic oxidation sites excluding steroid dienone is 10. The van der Waals surface area contributed by atoms with Crippen LogP contribution in [0.15, 0.2) is 60.8 Å². The average molecular weight is 808 g/mol. The second-order valence-electron chi connectivity index (χ2n) is 14.5. The lowest BCUT2D eigenvalue weighted by atomic mass is 10.0. The molecule has 0 aliphatic carbocycles.